The van der Waals surface area contributed by atoms with Crippen molar-refractivity contribution in [1.29, 1.82) is 0 Å². The number of carbonyl (C=O) groups is 2. The lowest BCUT2D eigenvalue weighted by Crippen LogP contribution is -2.21. The molecule has 0 atom stereocenters. The topological polar surface area (TPSA) is 64.6 Å². The minimum Gasteiger partial charge on any atom is -0.497 e. The van der Waals surface area contributed by atoms with E-state index in [1.807, 2.05) is 42.5 Å². The number of fused-ring (bicyclic) bond motifs is 1. The summed E-state index contributed by atoms with van der Waals surface area (Å²) < 4.78 is 10.2. The molecule has 0 aliphatic carbocycles. The van der Waals surface area contributed by atoms with Crippen molar-refractivity contribution in [2.24, 2.45) is 0 Å². The molecule has 0 bridgehead atoms. The van der Waals surface area contributed by atoms with Crippen LogP contribution in [0.3, 0.4) is 0 Å². The van der Waals surface area contributed by atoms with Gasteiger partial charge in [-0.3, -0.25) is 9.59 Å². The number of carbonyl (C=O) groups excluding carboxylic acids is 2. The zero-order valence-corrected chi connectivity index (χ0v) is 14.4. The summed E-state index contributed by atoms with van der Waals surface area (Å²) in [5.41, 5.74) is 1.46. The second kappa shape index (κ2) is 8.16. The highest BCUT2D eigenvalue weighted by Crippen LogP contribution is 2.19. The molecule has 1 amide bonds. The van der Waals surface area contributed by atoms with E-state index in [9.17, 15) is 9.59 Å². The van der Waals surface area contributed by atoms with E-state index in [4.69, 9.17) is 9.47 Å². The monoisotopic (exact) mass is 349 g/mol. The van der Waals surface area contributed by atoms with Crippen LogP contribution >= 0.6 is 0 Å². The number of esters is 1. The van der Waals surface area contributed by atoms with E-state index in [2.05, 4.69) is 5.32 Å². The second-order valence-corrected chi connectivity index (χ2v) is 5.76. The van der Waals surface area contributed by atoms with Gasteiger partial charge in [-0.2, -0.15) is 0 Å². The summed E-state index contributed by atoms with van der Waals surface area (Å²) >= 11 is 0. The number of anilines is 1. The van der Waals surface area contributed by atoms with Gasteiger partial charge in [-0.25, -0.2) is 0 Å². The van der Waals surface area contributed by atoms with Crippen molar-refractivity contribution in [2.75, 3.05) is 19.0 Å². The average Bonchev–Trinajstić information content (AvgIpc) is 2.67. The smallest absolute Gasteiger partial charge is 0.310 e. The fourth-order valence-corrected chi connectivity index (χ4v) is 2.70. The average molecular weight is 349 g/mol. The van der Waals surface area contributed by atoms with Crippen LogP contribution in [0.25, 0.3) is 10.8 Å². The molecule has 0 heterocycles. The highest BCUT2D eigenvalue weighted by atomic mass is 16.5. The van der Waals surface area contributed by atoms with Gasteiger partial charge in [0.25, 0.3) is 5.91 Å². The van der Waals surface area contributed by atoms with E-state index in [1.54, 1.807) is 31.4 Å². The van der Waals surface area contributed by atoms with Gasteiger partial charge in [0.15, 0.2) is 6.61 Å². The summed E-state index contributed by atoms with van der Waals surface area (Å²) in [6.45, 7) is -0.333. The fraction of sp³-hybridized carbons (Fsp3) is 0.143. The maximum atomic E-state index is 12.1. The molecular formula is C21H19NO4. The molecule has 0 unspecified atom stereocenters. The third-order valence-corrected chi connectivity index (χ3v) is 3.93. The molecule has 3 aromatic rings. The first kappa shape index (κ1) is 17.5. The minimum absolute atomic E-state index is 0.119. The summed E-state index contributed by atoms with van der Waals surface area (Å²) in [4.78, 5) is 24.0. The Morgan fingerprint density at radius 1 is 0.962 bits per heavy atom. The van der Waals surface area contributed by atoms with Gasteiger partial charge < -0.3 is 14.8 Å². The van der Waals surface area contributed by atoms with Gasteiger partial charge in [-0.15, -0.1) is 0 Å². The molecule has 1 N–H and O–H groups in total. The predicted octanol–water partition coefficient (Wildman–Crippen LogP) is 3.57. The molecule has 5 heteroatoms. The van der Waals surface area contributed by atoms with E-state index in [0.29, 0.717) is 11.4 Å². The largest absolute Gasteiger partial charge is 0.497 e. The first-order valence-corrected chi connectivity index (χ1v) is 8.22. The molecule has 3 aromatic carbocycles. The van der Waals surface area contributed by atoms with Crippen molar-refractivity contribution < 1.29 is 19.1 Å². The van der Waals surface area contributed by atoms with Gasteiger partial charge >= 0.3 is 5.97 Å². The Bertz CT molecular complexity index is 931. The second-order valence-electron chi connectivity index (χ2n) is 5.76. The van der Waals surface area contributed by atoms with Crippen molar-refractivity contribution in [3.8, 4) is 5.75 Å². The van der Waals surface area contributed by atoms with Gasteiger partial charge in [-0.1, -0.05) is 48.5 Å². The quantitative estimate of drug-likeness (QED) is 0.691. The van der Waals surface area contributed by atoms with Gasteiger partial charge in [0.1, 0.15) is 5.75 Å². The molecule has 0 radical (unpaired) electrons. The van der Waals surface area contributed by atoms with Crippen LogP contribution in [0, 0.1) is 0 Å². The van der Waals surface area contributed by atoms with Crippen LogP contribution in [0.15, 0.2) is 66.7 Å². The SMILES string of the molecule is COc1cccc(NC(=O)COC(=O)Cc2cccc3ccccc23)c1. The number of ether oxygens (including phenoxy) is 2. The molecule has 0 fully saturated rings. The van der Waals surface area contributed by atoms with Gasteiger partial charge in [0, 0.05) is 11.8 Å². The van der Waals surface area contributed by atoms with E-state index < -0.39 is 11.9 Å². The van der Waals surface area contributed by atoms with Crippen molar-refractivity contribution in [3.05, 3.63) is 72.3 Å². The summed E-state index contributed by atoms with van der Waals surface area (Å²) in [7, 11) is 1.55. The molecule has 0 saturated heterocycles. The van der Waals surface area contributed by atoms with E-state index in [1.165, 1.54) is 0 Å². The molecule has 5 nitrogen and oxygen atoms in total. The Kier molecular flexibility index (Phi) is 5.49. The summed E-state index contributed by atoms with van der Waals surface area (Å²) in [5.74, 6) is -0.206. The number of methoxy groups -OCH3 is 1. The Balaban J connectivity index is 1.55. The molecule has 26 heavy (non-hydrogen) atoms. The highest BCUT2D eigenvalue weighted by molar-refractivity contribution is 5.93. The zero-order valence-electron chi connectivity index (χ0n) is 14.4. The lowest BCUT2D eigenvalue weighted by molar-refractivity contribution is -0.146. The van der Waals surface area contributed by atoms with Crippen LogP contribution in [-0.4, -0.2) is 25.6 Å². The first-order valence-electron chi connectivity index (χ1n) is 8.22. The molecule has 0 aliphatic rings. The van der Waals surface area contributed by atoms with E-state index in [0.717, 1.165) is 16.3 Å². The molecule has 0 aromatic heterocycles. The first-order chi connectivity index (χ1) is 12.7. The van der Waals surface area contributed by atoms with Crippen LogP contribution in [0.5, 0.6) is 5.75 Å². The lowest BCUT2D eigenvalue weighted by Gasteiger charge is -2.09. The molecule has 132 valence electrons. The third kappa shape index (κ3) is 4.39. The normalized spacial score (nSPS) is 10.3. The number of benzene rings is 3. The fourth-order valence-electron chi connectivity index (χ4n) is 2.70. The van der Waals surface area contributed by atoms with Crippen molar-refractivity contribution in [3.63, 3.8) is 0 Å². The molecule has 0 saturated carbocycles. The summed E-state index contributed by atoms with van der Waals surface area (Å²) in [6.07, 6.45) is 0.119. The zero-order chi connectivity index (χ0) is 18.4. The highest BCUT2D eigenvalue weighted by Gasteiger charge is 2.11. The van der Waals surface area contributed by atoms with Crippen LogP contribution < -0.4 is 10.1 Å². The third-order valence-electron chi connectivity index (χ3n) is 3.93. The number of rotatable bonds is 6. The van der Waals surface area contributed by atoms with Crippen molar-refractivity contribution in [2.45, 2.75) is 6.42 Å². The van der Waals surface area contributed by atoms with Gasteiger partial charge in [-0.05, 0) is 28.5 Å². The minimum atomic E-state index is -0.442. The molecule has 0 aliphatic heterocycles. The van der Waals surface area contributed by atoms with Crippen LogP contribution in [0.2, 0.25) is 0 Å². The van der Waals surface area contributed by atoms with Gasteiger partial charge in [0.2, 0.25) is 0 Å². The molecule has 0 spiro atoms. The predicted molar refractivity (Wildman–Crippen MR) is 100 cm³/mol. The van der Waals surface area contributed by atoms with Gasteiger partial charge in [0.05, 0.1) is 13.5 Å². The summed E-state index contributed by atoms with van der Waals surface area (Å²) in [6, 6.07) is 20.6. The van der Waals surface area contributed by atoms with Crippen molar-refractivity contribution in [1.82, 2.24) is 0 Å². The van der Waals surface area contributed by atoms with Crippen molar-refractivity contribution >= 4 is 28.3 Å². The lowest BCUT2D eigenvalue weighted by atomic mass is 10.0. The standard InChI is InChI=1S/C21H19NO4/c1-25-18-10-5-9-17(13-18)22-20(23)14-26-21(24)12-16-8-4-7-15-6-2-3-11-19(15)16/h2-11,13H,12,14H2,1H3,(H,22,23). The van der Waals surface area contributed by atoms with Crippen LogP contribution in [0.1, 0.15) is 5.56 Å². The Hall–Kier alpha value is -3.34. The van der Waals surface area contributed by atoms with Crippen LogP contribution in [-0.2, 0) is 20.7 Å². The molecular weight excluding hydrogens is 330 g/mol. The maximum Gasteiger partial charge on any atom is 0.310 e. The van der Waals surface area contributed by atoms with Crippen LogP contribution in [0.4, 0.5) is 5.69 Å². The number of amides is 1. The van der Waals surface area contributed by atoms with E-state index >= 15 is 0 Å². The van der Waals surface area contributed by atoms with E-state index in [-0.39, 0.29) is 13.0 Å². The number of nitrogens with one attached hydrogen (secondary N) is 1. The molecule has 3 rings (SSSR count). The Morgan fingerprint density at radius 2 is 1.73 bits per heavy atom. The number of hydrogen-bond donors (Lipinski definition) is 1. The summed E-state index contributed by atoms with van der Waals surface area (Å²) in [5, 5.41) is 4.74. The Morgan fingerprint density at radius 3 is 2.58 bits per heavy atom. The number of hydrogen-bond acceptors (Lipinski definition) is 4. The maximum absolute atomic E-state index is 12.1. The Labute approximate surface area is 151 Å².